The average Bonchev–Trinajstić information content (AvgIpc) is 2.65. The molecule has 0 aliphatic carbocycles. The SMILES string of the molecule is Cc1ccc(NC(=O)NCc2ccc(Oc3ccncc3)cc2)cc1Cl. The van der Waals surface area contributed by atoms with Crippen molar-refractivity contribution in [3.63, 3.8) is 0 Å². The van der Waals surface area contributed by atoms with Crippen LogP contribution in [-0.2, 0) is 6.54 Å². The van der Waals surface area contributed by atoms with Gasteiger partial charge in [0.05, 0.1) is 0 Å². The summed E-state index contributed by atoms with van der Waals surface area (Å²) in [6.45, 7) is 2.31. The van der Waals surface area contributed by atoms with Crippen molar-refractivity contribution in [2.24, 2.45) is 0 Å². The number of nitrogens with zero attached hydrogens (tertiary/aromatic N) is 1. The molecular weight excluding hydrogens is 350 g/mol. The number of pyridine rings is 1. The molecule has 3 aromatic rings. The molecule has 6 heteroatoms. The lowest BCUT2D eigenvalue weighted by Crippen LogP contribution is -2.28. The molecule has 3 rings (SSSR count). The molecule has 132 valence electrons. The fourth-order valence-electron chi connectivity index (χ4n) is 2.25. The molecule has 0 bridgehead atoms. The third-order valence-electron chi connectivity index (χ3n) is 3.69. The van der Waals surface area contributed by atoms with Gasteiger partial charge in [-0.3, -0.25) is 4.98 Å². The van der Waals surface area contributed by atoms with E-state index in [0.717, 1.165) is 22.6 Å². The van der Waals surface area contributed by atoms with Gasteiger partial charge in [0.15, 0.2) is 0 Å². The molecule has 0 saturated carbocycles. The third kappa shape index (κ3) is 4.97. The van der Waals surface area contributed by atoms with E-state index in [4.69, 9.17) is 16.3 Å². The van der Waals surface area contributed by atoms with Gasteiger partial charge < -0.3 is 15.4 Å². The highest BCUT2D eigenvalue weighted by Gasteiger charge is 2.04. The van der Waals surface area contributed by atoms with Crippen LogP contribution in [0.25, 0.3) is 0 Å². The van der Waals surface area contributed by atoms with Crippen LogP contribution in [0.5, 0.6) is 11.5 Å². The number of carbonyl (C=O) groups is 1. The van der Waals surface area contributed by atoms with E-state index in [2.05, 4.69) is 15.6 Å². The van der Waals surface area contributed by atoms with Crippen LogP contribution in [0.1, 0.15) is 11.1 Å². The predicted octanol–water partition coefficient (Wildman–Crippen LogP) is 5.16. The Balaban J connectivity index is 1.51. The van der Waals surface area contributed by atoms with Crippen LogP contribution in [0.3, 0.4) is 0 Å². The zero-order valence-corrected chi connectivity index (χ0v) is 15.0. The summed E-state index contributed by atoms with van der Waals surface area (Å²) in [7, 11) is 0. The lowest BCUT2D eigenvalue weighted by atomic mass is 10.2. The first-order valence-corrected chi connectivity index (χ1v) is 8.46. The van der Waals surface area contributed by atoms with Crippen molar-refractivity contribution in [2.45, 2.75) is 13.5 Å². The Morgan fingerprint density at radius 3 is 2.42 bits per heavy atom. The number of halogens is 1. The van der Waals surface area contributed by atoms with Gasteiger partial charge in [-0.25, -0.2) is 4.79 Å². The van der Waals surface area contributed by atoms with Gasteiger partial charge in [0, 0.05) is 29.6 Å². The van der Waals surface area contributed by atoms with Gasteiger partial charge in [0.2, 0.25) is 0 Å². The van der Waals surface area contributed by atoms with Crippen LogP contribution in [0.2, 0.25) is 5.02 Å². The zero-order valence-electron chi connectivity index (χ0n) is 14.2. The van der Waals surface area contributed by atoms with E-state index in [-0.39, 0.29) is 6.03 Å². The summed E-state index contributed by atoms with van der Waals surface area (Å²) >= 11 is 6.06. The summed E-state index contributed by atoms with van der Waals surface area (Å²) in [4.78, 5) is 15.9. The molecule has 2 amide bonds. The molecule has 0 unspecified atom stereocenters. The van der Waals surface area contributed by atoms with Gasteiger partial charge >= 0.3 is 6.03 Å². The number of ether oxygens (including phenoxy) is 1. The van der Waals surface area contributed by atoms with Gasteiger partial charge in [-0.15, -0.1) is 0 Å². The van der Waals surface area contributed by atoms with E-state index >= 15 is 0 Å². The third-order valence-corrected chi connectivity index (χ3v) is 4.10. The fourth-order valence-corrected chi connectivity index (χ4v) is 2.43. The van der Waals surface area contributed by atoms with Crippen LogP contribution in [0.15, 0.2) is 67.0 Å². The second-order valence-electron chi connectivity index (χ2n) is 5.70. The number of hydrogen-bond donors (Lipinski definition) is 2. The summed E-state index contributed by atoms with van der Waals surface area (Å²) < 4.78 is 5.71. The minimum atomic E-state index is -0.290. The minimum absolute atomic E-state index is 0.290. The summed E-state index contributed by atoms with van der Waals surface area (Å²) in [5, 5.41) is 6.19. The molecule has 0 aliphatic heterocycles. The quantitative estimate of drug-likeness (QED) is 0.654. The lowest BCUT2D eigenvalue weighted by molar-refractivity contribution is 0.251. The van der Waals surface area contributed by atoms with Crippen LogP contribution >= 0.6 is 11.6 Å². The lowest BCUT2D eigenvalue weighted by Gasteiger charge is -2.10. The Hall–Kier alpha value is -3.05. The number of benzene rings is 2. The van der Waals surface area contributed by atoms with Gasteiger partial charge in [-0.05, 0) is 54.4 Å². The Labute approximate surface area is 157 Å². The first-order chi connectivity index (χ1) is 12.6. The van der Waals surface area contributed by atoms with Crippen molar-refractivity contribution in [2.75, 3.05) is 5.32 Å². The molecule has 0 saturated heterocycles. The van der Waals surface area contributed by atoms with E-state index in [1.54, 1.807) is 30.6 Å². The number of aryl methyl sites for hydroxylation is 1. The highest BCUT2D eigenvalue weighted by molar-refractivity contribution is 6.31. The van der Waals surface area contributed by atoms with E-state index in [1.165, 1.54) is 0 Å². The van der Waals surface area contributed by atoms with Crippen LogP contribution in [-0.4, -0.2) is 11.0 Å². The zero-order chi connectivity index (χ0) is 18.4. The number of carbonyl (C=O) groups excluding carboxylic acids is 1. The van der Waals surface area contributed by atoms with E-state index in [9.17, 15) is 4.79 Å². The van der Waals surface area contributed by atoms with Crippen LogP contribution < -0.4 is 15.4 Å². The Morgan fingerprint density at radius 2 is 1.73 bits per heavy atom. The number of amides is 2. The minimum Gasteiger partial charge on any atom is -0.457 e. The number of urea groups is 1. The van der Waals surface area contributed by atoms with Crippen molar-refractivity contribution < 1.29 is 9.53 Å². The van der Waals surface area contributed by atoms with Gasteiger partial charge in [-0.1, -0.05) is 29.8 Å². The number of rotatable bonds is 5. The molecule has 0 fully saturated rings. The summed E-state index contributed by atoms with van der Waals surface area (Å²) in [5.41, 5.74) is 2.58. The molecule has 1 heterocycles. The molecule has 0 spiro atoms. The Bertz CT molecular complexity index is 883. The molecule has 26 heavy (non-hydrogen) atoms. The van der Waals surface area contributed by atoms with Crippen LogP contribution in [0.4, 0.5) is 10.5 Å². The van der Waals surface area contributed by atoms with Crippen molar-refractivity contribution in [3.05, 3.63) is 83.1 Å². The maximum atomic E-state index is 12.0. The molecule has 0 radical (unpaired) electrons. The molecule has 1 aromatic heterocycles. The fraction of sp³-hybridized carbons (Fsp3) is 0.100. The molecule has 2 N–H and O–H groups in total. The highest BCUT2D eigenvalue weighted by Crippen LogP contribution is 2.21. The monoisotopic (exact) mass is 367 g/mol. The normalized spacial score (nSPS) is 10.2. The maximum Gasteiger partial charge on any atom is 0.319 e. The molecule has 0 atom stereocenters. The van der Waals surface area contributed by atoms with E-state index in [0.29, 0.717) is 17.3 Å². The topological polar surface area (TPSA) is 63.2 Å². The first kappa shape index (κ1) is 17.8. The van der Waals surface area contributed by atoms with Gasteiger partial charge in [-0.2, -0.15) is 0 Å². The Kier molecular flexibility index (Phi) is 5.71. The summed E-state index contributed by atoms with van der Waals surface area (Å²) in [6, 6.07) is 16.2. The first-order valence-electron chi connectivity index (χ1n) is 8.08. The number of aromatic nitrogens is 1. The predicted molar refractivity (Wildman–Crippen MR) is 103 cm³/mol. The number of hydrogen-bond acceptors (Lipinski definition) is 3. The average molecular weight is 368 g/mol. The van der Waals surface area contributed by atoms with Crippen molar-refractivity contribution >= 4 is 23.3 Å². The number of nitrogens with one attached hydrogen (secondary N) is 2. The maximum absolute atomic E-state index is 12.0. The van der Waals surface area contributed by atoms with Crippen molar-refractivity contribution in [1.29, 1.82) is 0 Å². The van der Waals surface area contributed by atoms with Crippen molar-refractivity contribution in [1.82, 2.24) is 10.3 Å². The van der Waals surface area contributed by atoms with Crippen molar-refractivity contribution in [3.8, 4) is 11.5 Å². The second kappa shape index (κ2) is 8.36. The highest BCUT2D eigenvalue weighted by atomic mass is 35.5. The van der Waals surface area contributed by atoms with E-state index < -0.39 is 0 Å². The second-order valence-corrected chi connectivity index (χ2v) is 6.11. The molecule has 0 aliphatic rings. The molecule has 2 aromatic carbocycles. The molecule has 5 nitrogen and oxygen atoms in total. The Morgan fingerprint density at radius 1 is 1.04 bits per heavy atom. The van der Waals surface area contributed by atoms with E-state index in [1.807, 2.05) is 43.3 Å². The van der Waals surface area contributed by atoms with Gasteiger partial charge in [0.25, 0.3) is 0 Å². The summed E-state index contributed by atoms with van der Waals surface area (Å²) in [6.07, 6.45) is 3.35. The standard InChI is InChI=1S/C20H18ClN3O2/c1-14-2-5-16(12-19(14)21)24-20(25)23-13-15-3-6-17(7-4-15)26-18-8-10-22-11-9-18/h2-12H,13H2,1H3,(H2,23,24,25). The smallest absolute Gasteiger partial charge is 0.319 e. The summed E-state index contributed by atoms with van der Waals surface area (Å²) in [5.74, 6) is 1.45. The van der Waals surface area contributed by atoms with Gasteiger partial charge in [0.1, 0.15) is 11.5 Å². The number of anilines is 1. The molecular formula is C20H18ClN3O2. The van der Waals surface area contributed by atoms with Crippen LogP contribution in [0, 0.1) is 6.92 Å². The largest absolute Gasteiger partial charge is 0.457 e.